The van der Waals surface area contributed by atoms with Gasteiger partial charge in [0, 0.05) is 30.9 Å². The van der Waals surface area contributed by atoms with E-state index in [4.69, 9.17) is 10.3 Å². The van der Waals surface area contributed by atoms with Crippen molar-refractivity contribution in [3.63, 3.8) is 0 Å². The second-order valence-corrected chi connectivity index (χ2v) is 3.44. The van der Waals surface area contributed by atoms with Crippen molar-refractivity contribution < 1.29 is 4.52 Å². The molecule has 0 fully saturated rings. The van der Waals surface area contributed by atoms with Crippen molar-refractivity contribution >= 4 is 0 Å². The Bertz CT molecular complexity index is 467. The molecule has 0 unspecified atom stereocenters. The SMILES string of the molecule is CCc1cnccc1-c1noc(CCN)n1. The highest BCUT2D eigenvalue weighted by atomic mass is 16.5. The van der Waals surface area contributed by atoms with Gasteiger partial charge in [-0.2, -0.15) is 4.98 Å². The highest BCUT2D eigenvalue weighted by Crippen LogP contribution is 2.20. The number of aromatic nitrogens is 3. The van der Waals surface area contributed by atoms with E-state index in [1.165, 1.54) is 0 Å². The first kappa shape index (κ1) is 10.8. The van der Waals surface area contributed by atoms with E-state index in [-0.39, 0.29) is 0 Å². The molecule has 0 aliphatic heterocycles. The average Bonchev–Trinajstić information content (AvgIpc) is 2.78. The molecule has 0 amide bonds. The molecule has 2 aromatic heterocycles. The number of rotatable bonds is 4. The zero-order chi connectivity index (χ0) is 11.4. The first-order valence-corrected chi connectivity index (χ1v) is 5.31. The van der Waals surface area contributed by atoms with Crippen molar-refractivity contribution in [1.29, 1.82) is 0 Å². The molecule has 0 radical (unpaired) electrons. The summed E-state index contributed by atoms with van der Waals surface area (Å²) in [4.78, 5) is 8.37. The Morgan fingerprint density at radius 1 is 1.44 bits per heavy atom. The Balaban J connectivity index is 2.34. The number of aryl methyl sites for hydroxylation is 1. The third-order valence-corrected chi connectivity index (χ3v) is 2.35. The van der Waals surface area contributed by atoms with E-state index in [9.17, 15) is 0 Å². The van der Waals surface area contributed by atoms with Gasteiger partial charge in [0.25, 0.3) is 0 Å². The van der Waals surface area contributed by atoms with E-state index in [1.54, 1.807) is 6.20 Å². The van der Waals surface area contributed by atoms with Crippen molar-refractivity contribution in [3.05, 3.63) is 29.9 Å². The maximum Gasteiger partial charge on any atom is 0.228 e. The van der Waals surface area contributed by atoms with Crippen LogP contribution in [0.25, 0.3) is 11.4 Å². The van der Waals surface area contributed by atoms with Crippen molar-refractivity contribution in [2.75, 3.05) is 6.54 Å². The van der Waals surface area contributed by atoms with Gasteiger partial charge in [0.2, 0.25) is 11.7 Å². The molecule has 5 heteroatoms. The molecular weight excluding hydrogens is 204 g/mol. The fraction of sp³-hybridized carbons (Fsp3) is 0.364. The van der Waals surface area contributed by atoms with Crippen LogP contribution in [0.3, 0.4) is 0 Å². The lowest BCUT2D eigenvalue weighted by Crippen LogP contribution is -2.02. The maximum atomic E-state index is 5.43. The normalized spacial score (nSPS) is 10.6. The predicted molar refractivity (Wildman–Crippen MR) is 59.7 cm³/mol. The van der Waals surface area contributed by atoms with Gasteiger partial charge in [-0.05, 0) is 18.1 Å². The van der Waals surface area contributed by atoms with Crippen molar-refractivity contribution in [2.45, 2.75) is 19.8 Å². The van der Waals surface area contributed by atoms with Crippen LogP contribution >= 0.6 is 0 Å². The lowest BCUT2D eigenvalue weighted by Gasteiger charge is -2.00. The second kappa shape index (κ2) is 4.85. The van der Waals surface area contributed by atoms with Crippen LogP contribution < -0.4 is 5.73 Å². The van der Waals surface area contributed by atoms with Crippen LogP contribution in [0.15, 0.2) is 23.0 Å². The summed E-state index contributed by atoms with van der Waals surface area (Å²) in [6.07, 6.45) is 5.06. The summed E-state index contributed by atoms with van der Waals surface area (Å²) in [5.74, 6) is 1.19. The summed E-state index contributed by atoms with van der Waals surface area (Å²) in [6.45, 7) is 2.58. The maximum absolute atomic E-state index is 5.43. The minimum atomic E-state index is 0.513. The summed E-state index contributed by atoms with van der Waals surface area (Å²) >= 11 is 0. The van der Waals surface area contributed by atoms with E-state index in [1.807, 2.05) is 12.3 Å². The van der Waals surface area contributed by atoms with Crippen molar-refractivity contribution in [3.8, 4) is 11.4 Å². The fourth-order valence-electron chi connectivity index (χ4n) is 1.52. The van der Waals surface area contributed by atoms with Crippen LogP contribution in [-0.4, -0.2) is 21.7 Å². The van der Waals surface area contributed by atoms with Gasteiger partial charge in [-0.25, -0.2) is 0 Å². The molecule has 84 valence electrons. The van der Waals surface area contributed by atoms with Crippen LogP contribution in [0.1, 0.15) is 18.4 Å². The number of hydrogen-bond donors (Lipinski definition) is 1. The molecule has 0 saturated heterocycles. The fourth-order valence-corrected chi connectivity index (χ4v) is 1.52. The molecule has 0 saturated carbocycles. The summed E-state index contributed by atoms with van der Waals surface area (Å²) in [7, 11) is 0. The Morgan fingerprint density at radius 2 is 2.31 bits per heavy atom. The topological polar surface area (TPSA) is 77.8 Å². The van der Waals surface area contributed by atoms with Crippen molar-refractivity contribution in [2.24, 2.45) is 5.73 Å². The predicted octanol–water partition coefficient (Wildman–Crippen LogP) is 1.20. The third-order valence-electron chi connectivity index (χ3n) is 2.35. The molecule has 2 heterocycles. The van der Waals surface area contributed by atoms with Gasteiger partial charge in [0.15, 0.2) is 0 Å². The Kier molecular flexibility index (Phi) is 3.26. The summed E-state index contributed by atoms with van der Waals surface area (Å²) in [6, 6.07) is 1.90. The molecule has 2 N–H and O–H groups in total. The van der Waals surface area contributed by atoms with Gasteiger partial charge in [0.1, 0.15) is 0 Å². The van der Waals surface area contributed by atoms with Crippen molar-refractivity contribution in [1.82, 2.24) is 15.1 Å². The molecular formula is C11H14N4O. The van der Waals surface area contributed by atoms with E-state index in [0.29, 0.717) is 24.7 Å². The van der Waals surface area contributed by atoms with Gasteiger partial charge >= 0.3 is 0 Å². The lowest BCUT2D eigenvalue weighted by molar-refractivity contribution is 0.380. The lowest BCUT2D eigenvalue weighted by atomic mass is 10.1. The summed E-state index contributed by atoms with van der Waals surface area (Å²) < 4.78 is 5.10. The van der Waals surface area contributed by atoms with Crippen LogP contribution in [0.2, 0.25) is 0 Å². The molecule has 0 bridgehead atoms. The van der Waals surface area contributed by atoms with E-state index in [2.05, 4.69) is 22.0 Å². The zero-order valence-corrected chi connectivity index (χ0v) is 9.18. The quantitative estimate of drug-likeness (QED) is 0.834. The molecule has 16 heavy (non-hydrogen) atoms. The first-order chi connectivity index (χ1) is 7.85. The number of pyridine rings is 1. The van der Waals surface area contributed by atoms with Gasteiger partial charge in [0.05, 0.1) is 0 Å². The van der Waals surface area contributed by atoms with Gasteiger partial charge < -0.3 is 10.3 Å². The molecule has 0 aliphatic rings. The summed E-state index contributed by atoms with van der Waals surface area (Å²) in [5, 5.41) is 3.94. The minimum absolute atomic E-state index is 0.513. The Morgan fingerprint density at radius 3 is 3.06 bits per heavy atom. The molecule has 0 aliphatic carbocycles. The zero-order valence-electron chi connectivity index (χ0n) is 9.18. The number of nitrogens with two attached hydrogens (primary N) is 1. The Hall–Kier alpha value is -1.75. The standard InChI is InChI=1S/C11H14N4O/c1-2-8-7-13-6-4-9(8)11-14-10(3-5-12)16-15-11/h4,6-7H,2-3,5,12H2,1H3. The number of hydrogen-bond acceptors (Lipinski definition) is 5. The molecule has 2 aromatic rings. The van der Waals surface area contributed by atoms with E-state index in [0.717, 1.165) is 17.5 Å². The number of nitrogens with zero attached hydrogens (tertiary/aromatic N) is 3. The highest BCUT2D eigenvalue weighted by molar-refractivity contribution is 5.58. The Labute approximate surface area is 93.7 Å². The summed E-state index contributed by atoms with van der Waals surface area (Å²) in [5.41, 5.74) is 7.52. The molecule has 5 nitrogen and oxygen atoms in total. The van der Waals surface area contributed by atoms with Crippen LogP contribution in [0, 0.1) is 0 Å². The first-order valence-electron chi connectivity index (χ1n) is 5.31. The highest BCUT2D eigenvalue weighted by Gasteiger charge is 2.10. The van der Waals surface area contributed by atoms with Gasteiger partial charge in [-0.3, -0.25) is 4.98 Å². The third kappa shape index (κ3) is 2.09. The van der Waals surface area contributed by atoms with Crippen LogP contribution in [0.5, 0.6) is 0 Å². The minimum Gasteiger partial charge on any atom is -0.339 e. The van der Waals surface area contributed by atoms with Crippen LogP contribution in [0.4, 0.5) is 0 Å². The second-order valence-electron chi connectivity index (χ2n) is 3.44. The largest absolute Gasteiger partial charge is 0.339 e. The molecule has 0 atom stereocenters. The molecule has 0 aromatic carbocycles. The van der Waals surface area contributed by atoms with E-state index < -0.39 is 0 Å². The van der Waals surface area contributed by atoms with Gasteiger partial charge in [-0.1, -0.05) is 12.1 Å². The molecule has 2 rings (SSSR count). The van der Waals surface area contributed by atoms with E-state index >= 15 is 0 Å². The monoisotopic (exact) mass is 218 g/mol. The smallest absolute Gasteiger partial charge is 0.228 e. The average molecular weight is 218 g/mol. The van der Waals surface area contributed by atoms with Gasteiger partial charge in [-0.15, -0.1) is 0 Å². The van der Waals surface area contributed by atoms with Crippen LogP contribution in [-0.2, 0) is 12.8 Å². The molecule has 0 spiro atoms.